The van der Waals surface area contributed by atoms with E-state index in [0.717, 1.165) is 28.2 Å². The number of nitrogens with zero attached hydrogens (tertiary/aromatic N) is 1. The van der Waals surface area contributed by atoms with Crippen LogP contribution in [0.25, 0.3) is 0 Å². The first-order valence-corrected chi connectivity index (χ1v) is 8.25. The lowest BCUT2D eigenvalue weighted by Crippen LogP contribution is -2.04. The Hall–Kier alpha value is 0.130. The van der Waals surface area contributed by atoms with Crippen molar-refractivity contribution in [2.24, 2.45) is 5.92 Å². The summed E-state index contributed by atoms with van der Waals surface area (Å²) in [6.45, 7) is 6.60. The van der Waals surface area contributed by atoms with Gasteiger partial charge in [0.2, 0.25) is 0 Å². The Balaban J connectivity index is 2.86. The third-order valence-electron chi connectivity index (χ3n) is 2.18. The number of hydrogen-bond donors (Lipinski definition) is 1. The Morgan fingerprint density at radius 3 is 2.76 bits per heavy atom. The smallest absolute Gasteiger partial charge is 0.144 e. The van der Waals surface area contributed by atoms with E-state index in [9.17, 15) is 0 Å². The van der Waals surface area contributed by atoms with Gasteiger partial charge < -0.3 is 4.98 Å². The van der Waals surface area contributed by atoms with Gasteiger partial charge in [0.05, 0.1) is 10.2 Å². The average molecular weight is 335 g/mol. The van der Waals surface area contributed by atoms with Gasteiger partial charge in [-0.2, -0.15) is 11.8 Å². The number of halogens is 1. The molecule has 0 unspecified atom stereocenters. The monoisotopic (exact) mass is 334 g/mol. The first kappa shape index (κ1) is 15.2. The highest BCUT2D eigenvalue weighted by molar-refractivity contribution is 9.10. The van der Waals surface area contributed by atoms with Gasteiger partial charge in [-0.1, -0.05) is 33.0 Å². The Kier molecular flexibility index (Phi) is 6.74. The van der Waals surface area contributed by atoms with Crippen LogP contribution in [0.1, 0.15) is 38.7 Å². The van der Waals surface area contributed by atoms with Crippen LogP contribution < -0.4 is 0 Å². The minimum Gasteiger partial charge on any atom is -0.345 e. The second kappa shape index (κ2) is 7.54. The third-order valence-corrected chi connectivity index (χ3v) is 4.77. The fraction of sp³-hybridized carbons (Fsp3) is 0.667. The van der Waals surface area contributed by atoms with Gasteiger partial charge in [0.15, 0.2) is 0 Å². The van der Waals surface area contributed by atoms with Crippen LogP contribution in [0.15, 0.2) is 4.47 Å². The van der Waals surface area contributed by atoms with Crippen molar-refractivity contribution in [3.63, 3.8) is 0 Å². The number of aromatic nitrogens is 2. The molecule has 0 radical (unpaired) electrons. The van der Waals surface area contributed by atoms with Crippen LogP contribution in [0, 0.1) is 10.6 Å². The molecule has 0 atom stereocenters. The molecule has 0 aliphatic carbocycles. The summed E-state index contributed by atoms with van der Waals surface area (Å²) >= 11 is 10.7. The predicted octanol–water partition coefficient (Wildman–Crippen LogP) is 4.74. The Labute approximate surface area is 121 Å². The van der Waals surface area contributed by atoms with Crippen molar-refractivity contribution in [2.75, 3.05) is 5.75 Å². The Bertz CT molecular complexity index is 415. The van der Waals surface area contributed by atoms with E-state index in [4.69, 9.17) is 12.2 Å². The van der Waals surface area contributed by atoms with Gasteiger partial charge in [0, 0.05) is 5.69 Å². The first-order valence-electron chi connectivity index (χ1n) is 5.89. The van der Waals surface area contributed by atoms with Gasteiger partial charge in [0.1, 0.15) is 10.5 Å². The first-order chi connectivity index (χ1) is 8.04. The standard InChI is InChI=1S/C12H19BrN2S2/c1-4-5-17-7-10-14-9(6-8(2)3)11(13)12(16)15-10/h8H,4-7H2,1-3H3,(H,14,15,16). The van der Waals surface area contributed by atoms with Crippen molar-refractivity contribution >= 4 is 39.9 Å². The fourth-order valence-corrected chi connectivity index (χ4v) is 2.83. The molecule has 1 aromatic heterocycles. The molecule has 0 spiro atoms. The summed E-state index contributed by atoms with van der Waals surface area (Å²) in [5.74, 6) is 3.68. The number of nitrogens with one attached hydrogen (secondary N) is 1. The molecule has 96 valence electrons. The van der Waals surface area contributed by atoms with Gasteiger partial charge >= 0.3 is 0 Å². The lowest BCUT2D eigenvalue weighted by Gasteiger charge is -2.10. The van der Waals surface area contributed by atoms with Gasteiger partial charge in [-0.15, -0.1) is 0 Å². The summed E-state index contributed by atoms with van der Waals surface area (Å²) in [6.07, 6.45) is 2.19. The van der Waals surface area contributed by atoms with Crippen LogP contribution in [0.4, 0.5) is 0 Å². The largest absolute Gasteiger partial charge is 0.345 e. The van der Waals surface area contributed by atoms with Crippen molar-refractivity contribution in [2.45, 2.75) is 39.4 Å². The molecule has 0 aliphatic rings. The molecule has 5 heteroatoms. The summed E-state index contributed by atoms with van der Waals surface area (Å²) in [5.41, 5.74) is 1.17. The molecule has 0 bridgehead atoms. The van der Waals surface area contributed by atoms with Crippen molar-refractivity contribution in [3.8, 4) is 0 Å². The van der Waals surface area contributed by atoms with E-state index in [1.165, 1.54) is 12.1 Å². The molecule has 1 heterocycles. The molecule has 2 nitrogen and oxygen atoms in total. The second-order valence-electron chi connectivity index (χ2n) is 4.43. The summed E-state index contributed by atoms with van der Waals surface area (Å²) in [7, 11) is 0. The van der Waals surface area contributed by atoms with Crippen molar-refractivity contribution < 1.29 is 0 Å². The Morgan fingerprint density at radius 1 is 1.47 bits per heavy atom. The van der Waals surface area contributed by atoms with E-state index in [-0.39, 0.29) is 0 Å². The maximum absolute atomic E-state index is 5.27. The van der Waals surface area contributed by atoms with E-state index >= 15 is 0 Å². The summed E-state index contributed by atoms with van der Waals surface area (Å²) in [4.78, 5) is 7.80. The van der Waals surface area contributed by atoms with E-state index in [0.29, 0.717) is 10.6 Å². The zero-order chi connectivity index (χ0) is 12.8. The molecule has 1 aromatic rings. The summed E-state index contributed by atoms with van der Waals surface area (Å²) in [6, 6.07) is 0. The SMILES string of the molecule is CCCSCc1nc(=S)c(Br)c(CC(C)C)[nH]1. The van der Waals surface area contributed by atoms with E-state index < -0.39 is 0 Å². The normalized spacial score (nSPS) is 11.1. The maximum Gasteiger partial charge on any atom is 0.144 e. The minimum atomic E-state index is 0.607. The van der Waals surface area contributed by atoms with E-state index in [2.05, 4.69) is 46.7 Å². The molecule has 0 aromatic carbocycles. The molecule has 1 N–H and O–H groups in total. The van der Waals surface area contributed by atoms with Crippen molar-refractivity contribution in [1.29, 1.82) is 0 Å². The second-order valence-corrected chi connectivity index (χ2v) is 6.72. The van der Waals surface area contributed by atoms with Gasteiger partial charge in [-0.05, 0) is 40.4 Å². The van der Waals surface area contributed by atoms with Crippen LogP contribution in [0.3, 0.4) is 0 Å². The summed E-state index contributed by atoms with van der Waals surface area (Å²) < 4.78 is 1.62. The van der Waals surface area contributed by atoms with Crippen LogP contribution in [0.5, 0.6) is 0 Å². The number of H-pyrrole nitrogens is 1. The number of rotatable bonds is 6. The zero-order valence-electron chi connectivity index (χ0n) is 10.5. The third kappa shape index (κ3) is 5.10. The molecule has 0 fully saturated rings. The zero-order valence-corrected chi connectivity index (χ0v) is 13.8. The quantitative estimate of drug-likeness (QED) is 0.601. The topological polar surface area (TPSA) is 28.7 Å². The lowest BCUT2D eigenvalue weighted by molar-refractivity contribution is 0.629. The Morgan fingerprint density at radius 2 is 2.18 bits per heavy atom. The van der Waals surface area contributed by atoms with Crippen LogP contribution in [-0.4, -0.2) is 15.7 Å². The molecule has 0 amide bonds. The molecular formula is C12H19BrN2S2. The lowest BCUT2D eigenvalue weighted by atomic mass is 10.1. The predicted molar refractivity (Wildman–Crippen MR) is 82.1 cm³/mol. The highest BCUT2D eigenvalue weighted by atomic mass is 79.9. The van der Waals surface area contributed by atoms with Crippen LogP contribution in [0.2, 0.25) is 0 Å². The molecule has 1 rings (SSSR count). The highest BCUT2D eigenvalue weighted by Crippen LogP contribution is 2.20. The molecule has 0 saturated heterocycles. The van der Waals surface area contributed by atoms with E-state index in [1.807, 2.05) is 11.8 Å². The maximum atomic E-state index is 5.27. The average Bonchev–Trinajstić information content (AvgIpc) is 2.25. The number of hydrogen-bond acceptors (Lipinski definition) is 3. The fourth-order valence-electron chi connectivity index (χ4n) is 1.49. The van der Waals surface area contributed by atoms with Crippen molar-refractivity contribution in [1.82, 2.24) is 9.97 Å². The highest BCUT2D eigenvalue weighted by Gasteiger charge is 2.08. The van der Waals surface area contributed by atoms with Crippen LogP contribution >= 0.6 is 39.9 Å². The van der Waals surface area contributed by atoms with E-state index in [1.54, 1.807) is 0 Å². The molecule has 0 aliphatic heterocycles. The van der Waals surface area contributed by atoms with Crippen LogP contribution in [-0.2, 0) is 12.2 Å². The van der Waals surface area contributed by atoms with Gasteiger partial charge in [-0.3, -0.25) is 0 Å². The van der Waals surface area contributed by atoms with Gasteiger partial charge in [0.25, 0.3) is 0 Å². The number of aromatic amines is 1. The van der Waals surface area contributed by atoms with Gasteiger partial charge in [-0.25, -0.2) is 4.98 Å². The molecular weight excluding hydrogens is 316 g/mol. The minimum absolute atomic E-state index is 0.607. The summed E-state index contributed by atoms with van der Waals surface area (Å²) in [5, 5.41) is 0. The number of thioether (sulfide) groups is 1. The molecule has 17 heavy (non-hydrogen) atoms. The van der Waals surface area contributed by atoms with Crippen molar-refractivity contribution in [3.05, 3.63) is 20.6 Å². The molecule has 0 saturated carbocycles.